The second kappa shape index (κ2) is 11.8. The second-order valence-corrected chi connectivity index (χ2v) is 8.72. The Balaban J connectivity index is 1.65. The molecule has 0 bridgehead atoms. The van der Waals surface area contributed by atoms with Gasteiger partial charge in [-0.3, -0.25) is 14.5 Å². The summed E-state index contributed by atoms with van der Waals surface area (Å²) in [6.07, 6.45) is 1.82. The number of rotatable bonds is 10. The molecule has 1 N–H and O–H groups in total. The summed E-state index contributed by atoms with van der Waals surface area (Å²) in [6.45, 7) is 2.66. The fourth-order valence-electron chi connectivity index (χ4n) is 3.27. The summed E-state index contributed by atoms with van der Waals surface area (Å²) < 4.78 is 21.9. The van der Waals surface area contributed by atoms with Gasteiger partial charge in [-0.05, 0) is 55.0 Å². The van der Waals surface area contributed by atoms with E-state index in [-0.39, 0.29) is 24.8 Å². The van der Waals surface area contributed by atoms with Gasteiger partial charge in [-0.1, -0.05) is 24.0 Å². The number of methoxy groups -OCH3 is 3. The first-order valence-electron chi connectivity index (χ1n) is 10.5. The van der Waals surface area contributed by atoms with Crippen LogP contribution in [0.25, 0.3) is 6.08 Å². The highest BCUT2D eigenvalue weighted by Crippen LogP contribution is 2.40. The SMILES string of the molecule is CCOc1ccc(NC(=O)CCN2C(=O)/C(=C\c3cc(OC)c(OC)c(OC)c3)SC2=S)cc1. The van der Waals surface area contributed by atoms with Crippen molar-refractivity contribution in [3.05, 3.63) is 46.9 Å². The van der Waals surface area contributed by atoms with Crippen LogP contribution in [0.3, 0.4) is 0 Å². The van der Waals surface area contributed by atoms with Crippen molar-refractivity contribution in [2.45, 2.75) is 13.3 Å². The third-order valence-electron chi connectivity index (χ3n) is 4.87. The predicted molar refractivity (Wildman–Crippen MR) is 137 cm³/mol. The number of ether oxygens (including phenoxy) is 4. The third kappa shape index (κ3) is 6.00. The van der Waals surface area contributed by atoms with Crippen LogP contribution in [0, 0.1) is 0 Å². The van der Waals surface area contributed by atoms with Gasteiger partial charge in [0.05, 0.1) is 32.8 Å². The van der Waals surface area contributed by atoms with Gasteiger partial charge in [-0.15, -0.1) is 0 Å². The van der Waals surface area contributed by atoms with Crippen molar-refractivity contribution in [2.75, 3.05) is 39.8 Å². The highest BCUT2D eigenvalue weighted by Gasteiger charge is 2.32. The number of thiocarbonyl (C=S) groups is 1. The molecule has 1 aliphatic heterocycles. The molecule has 0 saturated carbocycles. The molecule has 1 fully saturated rings. The molecular weight excluding hydrogens is 476 g/mol. The van der Waals surface area contributed by atoms with Gasteiger partial charge in [0.2, 0.25) is 11.7 Å². The molecule has 2 aromatic carbocycles. The molecule has 34 heavy (non-hydrogen) atoms. The van der Waals surface area contributed by atoms with E-state index in [1.165, 1.54) is 38.0 Å². The van der Waals surface area contributed by atoms with Crippen LogP contribution in [0.1, 0.15) is 18.9 Å². The Hall–Kier alpha value is -3.24. The molecule has 3 rings (SSSR count). The van der Waals surface area contributed by atoms with Crippen LogP contribution in [0.5, 0.6) is 23.0 Å². The maximum Gasteiger partial charge on any atom is 0.266 e. The predicted octanol–water partition coefficient (Wildman–Crippen LogP) is 4.34. The first-order valence-corrected chi connectivity index (χ1v) is 11.7. The summed E-state index contributed by atoms with van der Waals surface area (Å²) in [4.78, 5) is 27.2. The highest BCUT2D eigenvalue weighted by atomic mass is 32.2. The van der Waals surface area contributed by atoms with Gasteiger partial charge in [-0.2, -0.15) is 0 Å². The lowest BCUT2D eigenvalue weighted by Gasteiger charge is -2.14. The van der Waals surface area contributed by atoms with E-state index in [2.05, 4.69) is 5.32 Å². The van der Waals surface area contributed by atoms with Crippen molar-refractivity contribution in [3.63, 3.8) is 0 Å². The lowest BCUT2D eigenvalue weighted by atomic mass is 10.1. The monoisotopic (exact) mass is 502 g/mol. The highest BCUT2D eigenvalue weighted by molar-refractivity contribution is 8.26. The molecule has 0 spiro atoms. The average Bonchev–Trinajstić information content (AvgIpc) is 3.10. The van der Waals surface area contributed by atoms with Crippen LogP contribution in [0.2, 0.25) is 0 Å². The van der Waals surface area contributed by atoms with E-state index in [0.717, 1.165) is 5.75 Å². The quantitative estimate of drug-likeness (QED) is 0.379. The lowest BCUT2D eigenvalue weighted by molar-refractivity contribution is -0.122. The number of amides is 2. The molecular formula is C24H26N2O6S2. The van der Waals surface area contributed by atoms with Gasteiger partial charge in [0.1, 0.15) is 10.1 Å². The lowest BCUT2D eigenvalue weighted by Crippen LogP contribution is -2.31. The normalized spacial score (nSPS) is 14.4. The number of anilines is 1. The van der Waals surface area contributed by atoms with Gasteiger partial charge in [0.15, 0.2) is 11.5 Å². The Morgan fingerprint density at radius 1 is 1.09 bits per heavy atom. The fourth-order valence-corrected chi connectivity index (χ4v) is 4.58. The number of carbonyl (C=O) groups excluding carboxylic acids is 2. The Morgan fingerprint density at radius 3 is 2.29 bits per heavy atom. The zero-order chi connectivity index (χ0) is 24.7. The van der Waals surface area contributed by atoms with E-state index >= 15 is 0 Å². The number of hydrogen-bond donors (Lipinski definition) is 1. The van der Waals surface area contributed by atoms with Crippen LogP contribution in [0.15, 0.2) is 41.3 Å². The second-order valence-electron chi connectivity index (χ2n) is 7.05. The number of nitrogens with one attached hydrogen (secondary N) is 1. The summed E-state index contributed by atoms with van der Waals surface area (Å²) in [6, 6.07) is 10.6. The molecule has 0 atom stereocenters. The molecule has 1 aliphatic rings. The molecule has 0 aromatic heterocycles. The topological polar surface area (TPSA) is 86.3 Å². The maximum absolute atomic E-state index is 12.9. The zero-order valence-corrected chi connectivity index (χ0v) is 21.0. The van der Waals surface area contributed by atoms with Crippen molar-refractivity contribution >= 4 is 51.9 Å². The van der Waals surface area contributed by atoms with Crippen molar-refractivity contribution in [1.29, 1.82) is 0 Å². The number of carbonyl (C=O) groups is 2. The summed E-state index contributed by atoms with van der Waals surface area (Å²) in [7, 11) is 4.58. The van der Waals surface area contributed by atoms with Crippen molar-refractivity contribution < 1.29 is 28.5 Å². The summed E-state index contributed by atoms with van der Waals surface area (Å²) >= 11 is 6.57. The number of nitrogens with zero attached hydrogens (tertiary/aromatic N) is 1. The summed E-state index contributed by atoms with van der Waals surface area (Å²) in [5, 5.41) is 2.82. The van der Waals surface area contributed by atoms with Gasteiger partial charge >= 0.3 is 0 Å². The van der Waals surface area contributed by atoms with Gasteiger partial charge < -0.3 is 24.3 Å². The fraction of sp³-hybridized carbons (Fsp3) is 0.292. The standard InChI is InChI=1S/C24H26N2O6S2/c1-5-32-17-8-6-16(7-9-17)25-21(27)10-11-26-23(28)20(34-24(26)33)14-15-12-18(29-2)22(31-4)19(13-15)30-3/h6-9,12-14H,5,10-11H2,1-4H3,(H,25,27)/b20-14+. The van der Waals surface area contributed by atoms with Gasteiger partial charge in [0.25, 0.3) is 5.91 Å². The number of hydrogen-bond acceptors (Lipinski definition) is 8. The molecule has 10 heteroatoms. The third-order valence-corrected chi connectivity index (χ3v) is 6.25. The van der Waals surface area contributed by atoms with E-state index in [4.69, 9.17) is 31.2 Å². The Labute approximate surface area is 208 Å². The Morgan fingerprint density at radius 2 is 1.74 bits per heavy atom. The van der Waals surface area contributed by atoms with Crippen molar-refractivity contribution in [3.8, 4) is 23.0 Å². The zero-order valence-electron chi connectivity index (χ0n) is 19.4. The van der Waals surface area contributed by atoms with Gasteiger partial charge in [0, 0.05) is 18.7 Å². The molecule has 1 saturated heterocycles. The Kier molecular flexibility index (Phi) is 8.78. The molecule has 0 radical (unpaired) electrons. The number of benzene rings is 2. The minimum Gasteiger partial charge on any atom is -0.494 e. The van der Waals surface area contributed by atoms with Crippen LogP contribution < -0.4 is 24.3 Å². The first-order chi connectivity index (χ1) is 16.4. The van der Waals surface area contributed by atoms with Gasteiger partial charge in [-0.25, -0.2) is 0 Å². The molecule has 0 unspecified atom stereocenters. The van der Waals surface area contributed by atoms with E-state index in [0.29, 0.717) is 44.3 Å². The molecule has 2 amide bonds. The van der Waals surface area contributed by atoms with Crippen molar-refractivity contribution in [2.24, 2.45) is 0 Å². The van der Waals surface area contributed by atoms with E-state index in [1.807, 2.05) is 6.92 Å². The minimum absolute atomic E-state index is 0.108. The van der Waals surface area contributed by atoms with Crippen molar-refractivity contribution in [1.82, 2.24) is 4.90 Å². The first kappa shape index (κ1) is 25.4. The van der Waals surface area contributed by atoms with E-state index < -0.39 is 0 Å². The maximum atomic E-state index is 12.9. The number of thioether (sulfide) groups is 1. The van der Waals surface area contributed by atoms with Crippen LogP contribution in [-0.2, 0) is 9.59 Å². The van der Waals surface area contributed by atoms with Crippen LogP contribution in [-0.4, -0.2) is 55.5 Å². The van der Waals surface area contributed by atoms with E-state index in [1.54, 1.807) is 42.5 Å². The summed E-state index contributed by atoms with van der Waals surface area (Å²) in [5.74, 6) is 1.69. The van der Waals surface area contributed by atoms with Crippen LogP contribution >= 0.6 is 24.0 Å². The van der Waals surface area contributed by atoms with Crippen LogP contribution in [0.4, 0.5) is 5.69 Å². The molecule has 2 aromatic rings. The molecule has 8 nitrogen and oxygen atoms in total. The largest absolute Gasteiger partial charge is 0.494 e. The minimum atomic E-state index is -0.252. The smallest absolute Gasteiger partial charge is 0.266 e. The molecule has 180 valence electrons. The molecule has 0 aliphatic carbocycles. The Bertz CT molecular complexity index is 1080. The summed E-state index contributed by atoms with van der Waals surface area (Å²) in [5.41, 5.74) is 1.35. The molecule has 1 heterocycles. The van der Waals surface area contributed by atoms with E-state index in [9.17, 15) is 9.59 Å². The average molecular weight is 503 g/mol.